The summed E-state index contributed by atoms with van der Waals surface area (Å²) in [6.45, 7) is 2.18. The summed E-state index contributed by atoms with van der Waals surface area (Å²) in [5.74, 6) is 0.559. The second kappa shape index (κ2) is 6.13. The molecule has 0 saturated heterocycles. The molecule has 8 heteroatoms. The number of furan rings is 1. The third kappa shape index (κ3) is 3.15. The molecule has 0 spiro atoms. The minimum atomic E-state index is -3.70. The van der Waals surface area contributed by atoms with E-state index in [1.807, 2.05) is 0 Å². The first-order chi connectivity index (χ1) is 9.45. The van der Waals surface area contributed by atoms with Crippen LogP contribution < -0.4 is 0 Å². The van der Waals surface area contributed by atoms with Gasteiger partial charge in [-0.1, -0.05) is 30.1 Å². The molecule has 0 aliphatic rings. The van der Waals surface area contributed by atoms with Crippen molar-refractivity contribution in [1.82, 2.24) is 9.29 Å². The minimum absolute atomic E-state index is 0.000283. The zero-order chi connectivity index (χ0) is 14.8. The first kappa shape index (κ1) is 15.3. The van der Waals surface area contributed by atoms with Gasteiger partial charge in [0.15, 0.2) is 0 Å². The molecule has 2 rings (SSSR count). The molecule has 0 aromatic carbocycles. The summed E-state index contributed by atoms with van der Waals surface area (Å²) in [6, 6.07) is 4.71. The Kier molecular flexibility index (Phi) is 4.70. The predicted octanol–water partition coefficient (Wildman–Crippen LogP) is 3.19. The van der Waals surface area contributed by atoms with Gasteiger partial charge in [-0.25, -0.2) is 13.4 Å². The first-order valence-corrected chi connectivity index (χ1v) is 7.98. The largest absolute Gasteiger partial charge is 0.468 e. The Hall–Kier alpha value is -1.08. The highest BCUT2D eigenvalue weighted by Gasteiger charge is 2.25. The third-order valence-electron chi connectivity index (χ3n) is 2.67. The minimum Gasteiger partial charge on any atom is -0.468 e. The fourth-order valence-electron chi connectivity index (χ4n) is 1.64. The maximum atomic E-state index is 12.5. The van der Waals surface area contributed by atoms with Gasteiger partial charge in [0.25, 0.3) is 0 Å². The van der Waals surface area contributed by atoms with E-state index in [1.165, 1.54) is 22.8 Å². The highest BCUT2D eigenvalue weighted by molar-refractivity contribution is 7.89. The molecule has 0 N–H and O–H groups in total. The van der Waals surface area contributed by atoms with Crippen LogP contribution in [0.25, 0.3) is 0 Å². The van der Waals surface area contributed by atoms with E-state index < -0.39 is 10.0 Å². The molecular weight excluding hydrogens is 323 g/mol. The van der Waals surface area contributed by atoms with E-state index in [1.54, 1.807) is 19.1 Å². The Morgan fingerprint density at radius 2 is 2.15 bits per heavy atom. The summed E-state index contributed by atoms with van der Waals surface area (Å²) in [5.41, 5.74) is 0. The monoisotopic (exact) mass is 334 g/mol. The molecule has 0 unspecified atom stereocenters. The molecule has 0 amide bonds. The van der Waals surface area contributed by atoms with Gasteiger partial charge in [0.1, 0.15) is 15.8 Å². The summed E-state index contributed by atoms with van der Waals surface area (Å²) in [4.78, 5) is 3.76. The van der Waals surface area contributed by atoms with E-state index in [0.717, 1.165) is 0 Å². The van der Waals surface area contributed by atoms with Crippen LogP contribution in [0.2, 0.25) is 10.2 Å². The molecule has 2 aromatic heterocycles. The van der Waals surface area contributed by atoms with Crippen molar-refractivity contribution < 1.29 is 12.8 Å². The topological polar surface area (TPSA) is 63.4 Å². The number of nitrogens with zero attached hydrogens (tertiary/aromatic N) is 2. The van der Waals surface area contributed by atoms with Gasteiger partial charge in [0.2, 0.25) is 10.0 Å². The van der Waals surface area contributed by atoms with E-state index in [4.69, 9.17) is 27.6 Å². The van der Waals surface area contributed by atoms with Crippen LogP contribution >= 0.6 is 23.2 Å². The van der Waals surface area contributed by atoms with Crippen molar-refractivity contribution in [3.63, 3.8) is 0 Å². The summed E-state index contributed by atoms with van der Waals surface area (Å²) in [7, 11) is -3.70. The highest BCUT2D eigenvalue weighted by atomic mass is 35.5. The number of hydrogen-bond acceptors (Lipinski definition) is 4. The predicted molar refractivity (Wildman–Crippen MR) is 76.2 cm³/mol. The Balaban J connectivity index is 2.33. The van der Waals surface area contributed by atoms with Crippen molar-refractivity contribution in [2.75, 3.05) is 6.54 Å². The Labute approximate surface area is 127 Å². The lowest BCUT2D eigenvalue weighted by molar-refractivity contribution is 0.375. The van der Waals surface area contributed by atoms with Gasteiger partial charge in [-0.2, -0.15) is 4.31 Å². The van der Waals surface area contributed by atoms with Gasteiger partial charge in [-0.15, -0.1) is 0 Å². The molecule has 0 aliphatic carbocycles. The lowest BCUT2D eigenvalue weighted by Gasteiger charge is -2.19. The van der Waals surface area contributed by atoms with Crippen molar-refractivity contribution in [3.8, 4) is 0 Å². The van der Waals surface area contributed by atoms with Crippen molar-refractivity contribution in [2.45, 2.75) is 18.4 Å². The molecule has 0 saturated carbocycles. The first-order valence-electron chi connectivity index (χ1n) is 5.78. The van der Waals surface area contributed by atoms with Crippen LogP contribution in [0, 0.1) is 0 Å². The van der Waals surface area contributed by atoms with Crippen LogP contribution in [-0.4, -0.2) is 24.3 Å². The van der Waals surface area contributed by atoms with E-state index in [-0.39, 0.29) is 21.6 Å². The molecule has 2 aromatic rings. The maximum Gasteiger partial charge on any atom is 0.245 e. The van der Waals surface area contributed by atoms with Crippen molar-refractivity contribution in [3.05, 3.63) is 46.6 Å². The van der Waals surface area contributed by atoms with E-state index >= 15 is 0 Å². The maximum absolute atomic E-state index is 12.5. The number of aromatic nitrogens is 1. The number of halogens is 2. The lowest BCUT2D eigenvalue weighted by atomic mass is 10.4. The van der Waals surface area contributed by atoms with Crippen LogP contribution in [0.5, 0.6) is 0 Å². The lowest BCUT2D eigenvalue weighted by Crippen LogP contribution is -2.30. The van der Waals surface area contributed by atoms with Gasteiger partial charge in [-0.05, 0) is 18.2 Å². The second-order valence-electron chi connectivity index (χ2n) is 3.95. The number of rotatable bonds is 5. The third-order valence-corrected chi connectivity index (χ3v) is 5.25. The molecule has 0 aliphatic heterocycles. The number of sulfonamides is 1. The molecule has 0 fully saturated rings. The molecule has 0 atom stereocenters. The van der Waals surface area contributed by atoms with E-state index in [2.05, 4.69) is 4.98 Å². The average molecular weight is 335 g/mol. The summed E-state index contributed by atoms with van der Waals surface area (Å²) >= 11 is 11.5. The van der Waals surface area contributed by atoms with Gasteiger partial charge >= 0.3 is 0 Å². The number of pyridine rings is 1. The van der Waals surface area contributed by atoms with Gasteiger partial charge < -0.3 is 4.42 Å². The van der Waals surface area contributed by atoms with Crippen LogP contribution in [0.4, 0.5) is 0 Å². The fourth-order valence-corrected chi connectivity index (χ4v) is 3.36. The van der Waals surface area contributed by atoms with Crippen LogP contribution in [-0.2, 0) is 16.6 Å². The summed E-state index contributed by atoms with van der Waals surface area (Å²) in [6.07, 6.45) is 2.69. The van der Waals surface area contributed by atoms with E-state index in [0.29, 0.717) is 12.3 Å². The van der Waals surface area contributed by atoms with Crippen molar-refractivity contribution in [2.24, 2.45) is 0 Å². The molecule has 0 bridgehead atoms. The summed E-state index contributed by atoms with van der Waals surface area (Å²) in [5, 5.41) is 0.168. The zero-order valence-electron chi connectivity index (χ0n) is 10.6. The average Bonchev–Trinajstić information content (AvgIpc) is 2.91. The van der Waals surface area contributed by atoms with Crippen molar-refractivity contribution >= 4 is 33.2 Å². The standard InChI is InChI=1S/C12H12Cl2N2O3S/c1-2-16(8-9-4-3-5-19-9)20(17,18)10-6-11(13)12(14)15-7-10/h3-7H,2,8H2,1H3. The zero-order valence-corrected chi connectivity index (χ0v) is 12.9. The Morgan fingerprint density at radius 3 is 2.70 bits per heavy atom. The summed E-state index contributed by atoms with van der Waals surface area (Å²) < 4.78 is 31.4. The van der Waals surface area contributed by atoms with Gasteiger partial charge in [0.05, 0.1) is 17.8 Å². The van der Waals surface area contributed by atoms with Crippen LogP contribution in [0.15, 0.2) is 40.0 Å². The van der Waals surface area contributed by atoms with E-state index in [9.17, 15) is 8.42 Å². The van der Waals surface area contributed by atoms with Crippen molar-refractivity contribution in [1.29, 1.82) is 0 Å². The molecular formula is C12H12Cl2N2O3S. The number of hydrogen-bond donors (Lipinski definition) is 0. The molecule has 2 heterocycles. The molecule has 20 heavy (non-hydrogen) atoms. The Bertz CT molecular complexity index is 687. The quantitative estimate of drug-likeness (QED) is 0.787. The fraction of sp³-hybridized carbons (Fsp3) is 0.250. The smallest absolute Gasteiger partial charge is 0.245 e. The Morgan fingerprint density at radius 1 is 1.40 bits per heavy atom. The SMILES string of the molecule is CCN(Cc1ccco1)S(=O)(=O)c1cnc(Cl)c(Cl)c1. The second-order valence-corrected chi connectivity index (χ2v) is 6.66. The molecule has 0 radical (unpaired) electrons. The van der Waals surface area contributed by atoms with Gasteiger partial charge in [-0.3, -0.25) is 0 Å². The van der Waals surface area contributed by atoms with Crippen LogP contribution in [0.1, 0.15) is 12.7 Å². The highest BCUT2D eigenvalue weighted by Crippen LogP contribution is 2.25. The van der Waals surface area contributed by atoms with Gasteiger partial charge in [0, 0.05) is 12.7 Å². The normalized spacial score (nSPS) is 12.0. The molecule has 5 nitrogen and oxygen atoms in total. The van der Waals surface area contributed by atoms with Crippen LogP contribution in [0.3, 0.4) is 0 Å². The molecule has 108 valence electrons.